The van der Waals surface area contributed by atoms with E-state index < -0.39 is 29.0 Å². The molecule has 1 atom stereocenters. The second-order valence-corrected chi connectivity index (χ2v) is 5.10. The predicted molar refractivity (Wildman–Crippen MR) is 78.5 cm³/mol. The van der Waals surface area contributed by atoms with E-state index in [1.54, 1.807) is 0 Å². The van der Waals surface area contributed by atoms with Gasteiger partial charge in [0.15, 0.2) is 0 Å². The van der Waals surface area contributed by atoms with Crippen LogP contribution in [0.2, 0.25) is 5.28 Å². The van der Waals surface area contributed by atoms with Crippen molar-refractivity contribution < 1.29 is 32.7 Å². The highest BCUT2D eigenvalue weighted by atomic mass is 35.5. The van der Waals surface area contributed by atoms with Crippen molar-refractivity contribution in [2.75, 3.05) is 6.61 Å². The van der Waals surface area contributed by atoms with Crippen LogP contribution < -0.4 is 9.47 Å². The molecule has 0 saturated heterocycles. The highest BCUT2D eigenvalue weighted by Gasteiger charge is 2.31. The molecule has 25 heavy (non-hydrogen) atoms. The second-order valence-electron chi connectivity index (χ2n) is 4.76. The molecule has 0 saturated carbocycles. The Labute approximate surface area is 143 Å². The fraction of sp³-hybridized carbons (Fsp3) is 0.308. The van der Waals surface area contributed by atoms with Gasteiger partial charge in [0.1, 0.15) is 30.4 Å². The molecule has 8 nitrogen and oxygen atoms in total. The Morgan fingerprint density at radius 1 is 1.32 bits per heavy atom. The topological polar surface area (TPSA) is 99.7 Å². The average Bonchev–Trinajstić information content (AvgIpc) is 2.86. The van der Waals surface area contributed by atoms with Gasteiger partial charge in [0.25, 0.3) is 0 Å². The van der Waals surface area contributed by atoms with Gasteiger partial charge < -0.3 is 24.7 Å². The van der Waals surface area contributed by atoms with E-state index in [1.807, 2.05) is 0 Å². The smallest absolute Gasteiger partial charge is 0.491 e. The maximum Gasteiger partial charge on any atom is 0.573 e. The fourth-order valence-electron chi connectivity index (χ4n) is 1.81. The number of halogens is 4. The van der Waals surface area contributed by atoms with E-state index >= 15 is 0 Å². The quantitative estimate of drug-likeness (QED) is 0.584. The van der Waals surface area contributed by atoms with Crippen LogP contribution in [0.15, 0.2) is 30.5 Å². The zero-order chi connectivity index (χ0) is 18.6. The minimum absolute atomic E-state index is 0.116. The van der Waals surface area contributed by atoms with Crippen LogP contribution in [0.4, 0.5) is 19.0 Å². The van der Waals surface area contributed by atoms with Gasteiger partial charge in [-0.2, -0.15) is 0 Å². The first kappa shape index (κ1) is 18.8. The molecule has 2 aromatic rings. The molecule has 0 spiro atoms. The maximum absolute atomic E-state index is 12.0. The van der Waals surface area contributed by atoms with E-state index in [2.05, 4.69) is 9.72 Å². The molecule has 12 heteroatoms. The Hall–Kier alpha value is -2.53. The summed E-state index contributed by atoms with van der Waals surface area (Å²) in [5.41, 5.74) is 0. The standard InChI is InChI=1S/C13H11ClF3N3O5/c14-12-18-11(20(22)23)6-19(12)5-8(21)7-24-9-1-3-10(4-2-9)25-13(15,16)17/h1-4,6,8,21H,5,7H2/t8-/m1/s1. The summed E-state index contributed by atoms with van der Waals surface area (Å²) in [4.78, 5) is 13.3. The zero-order valence-electron chi connectivity index (χ0n) is 12.3. The lowest BCUT2D eigenvalue weighted by Gasteiger charge is -2.13. The van der Waals surface area contributed by atoms with Crippen molar-refractivity contribution in [3.05, 3.63) is 45.9 Å². The van der Waals surface area contributed by atoms with E-state index in [9.17, 15) is 28.4 Å². The molecular formula is C13H11ClF3N3O5. The third-order valence-electron chi connectivity index (χ3n) is 2.81. The van der Waals surface area contributed by atoms with E-state index in [4.69, 9.17) is 16.3 Å². The van der Waals surface area contributed by atoms with E-state index in [0.29, 0.717) is 0 Å². The first-order valence-electron chi connectivity index (χ1n) is 6.68. The molecule has 0 radical (unpaired) electrons. The number of alkyl halides is 3. The molecule has 0 bridgehead atoms. The normalized spacial score (nSPS) is 12.7. The van der Waals surface area contributed by atoms with Crippen molar-refractivity contribution in [3.8, 4) is 11.5 Å². The van der Waals surface area contributed by atoms with Gasteiger partial charge in [-0.3, -0.25) is 4.57 Å². The number of ether oxygens (including phenoxy) is 2. The fourth-order valence-corrected chi connectivity index (χ4v) is 2.01. The highest BCUT2D eigenvalue weighted by Crippen LogP contribution is 2.24. The number of aromatic nitrogens is 2. The Bertz CT molecular complexity index is 736. The molecular weight excluding hydrogens is 371 g/mol. The van der Waals surface area contributed by atoms with Crippen molar-refractivity contribution in [1.29, 1.82) is 0 Å². The van der Waals surface area contributed by atoms with Gasteiger partial charge in [-0.15, -0.1) is 13.2 Å². The van der Waals surface area contributed by atoms with Crippen molar-refractivity contribution in [3.63, 3.8) is 0 Å². The van der Waals surface area contributed by atoms with E-state index in [1.165, 1.54) is 16.7 Å². The summed E-state index contributed by atoms with van der Waals surface area (Å²) in [6, 6.07) is 4.60. The van der Waals surface area contributed by atoms with Crippen LogP contribution in [0.3, 0.4) is 0 Å². The van der Waals surface area contributed by atoms with Gasteiger partial charge in [-0.05, 0) is 45.8 Å². The molecule has 0 unspecified atom stereocenters. The van der Waals surface area contributed by atoms with Gasteiger partial charge in [-0.25, -0.2) is 0 Å². The molecule has 0 aliphatic rings. The second kappa shape index (κ2) is 7.57. The van der Waals surface area contributed by atoms with Crippen molar-refractivity contribution in [1.82, 2.24) is 9.55 Å². The number of nitro groups is 1. The van der Waals surface area contributed by atoms with Gasteiger partial charge in [0.05, 0.1) is 6.54 Å². The van der Waals surface area contributed by atoms with Crippen LogP contribution in [0.5, 0.6) is 11.5 Å². The number of hydrogen-bond donors (Lipinski definition) is 1. The first-order chi connectivity index (χ1) is 11.6. The minimum atomic E-state index is -4.79. The largest absolute Gasteiger partial charge is 0.573 e. The summed E-state index contributed by atoms with van der Waals surface area (Å²) in [5.74, 6) is -0.660. The molecule has 136 valence electrons. The van der Waals surface area contributed by atoms with Gasteiger partial charge in [0, 0.05) is 0 Å². The summed E-state index contributed by atoms with van der Waals surface area (Å²) in [6.45, 7) is -0.337. The lowest BCUT2D eigenvalue weighted by Crippen LogP contribution is -2.23. The van der Waals surface area contributed by atoms with Crippen LogP contribution in [-0.2, 0) is 6.54 Å². The van der Waals surface area contributed by atoms with Crippen molar-refractivity contribution >= 4 is 17.4 Å². The molecule has 0 amide bonds. The third kappa shape index (κ3) is 5.80. The van der Waals surface area contributed by atoms with Gasteiger partial charge in [-0.1, -0.05) is 0 Å². The lowest BCUT2D eigenvalue weighted by molar-refractivity contribution is -0.389. The Balaban J connectivity index is 1.87. The molecule has 1 N–H and O–H groups in total. The van der Waals surface area contributed by atoms with Crippen LogP contribution >= 0.6 is 11.6 Å². The predicted octanol–water partition coefficient (Wildman–Crippen LogP) is 2.78. The monoisotopic (exact) mass is 381 g/mol. The Morgan fingerprint density at radius 3 is 2.44 bits per heavy atom. The summed E-state index contributed by atoms with van der Waals surface area (Å²) < 4.78 is 46.2. The summed E-state index contributed by atoms with van der Waals surface area (Å²) in [5, 5.41) is 20.3. The number of hydrogen-bond acceptors (Lipinski definition) is 6. The zero-order valence-corrected chi connectivity index (χ0v) is 13.1. The maximum atomic E-state index is 12.0. The third-order valence-corrected chi connectivity index (χ3v) is 3.11. The average molecular weight is 382 g/mol. The minimum Gasteiger partial charge on any atom is -0.491 e. The van der Waals surface area contributed by atoms with Crippen LogP contribution in [0, 0.1) is 10.1 Å². The molecule has 0 aliphatic heterocycles. The number of imidazole rings is 1. The highest BCUT2D eigenvalue weighted by molar-refractivity contribution is 6.28. The van der Waals surface area contributed by atoms with Crippen LogP contribution in [0.1, 0.15) is 0 Å². The first-order valence-corrected chi connectivity index (χ1v) is 7.05. The molecule has 0 aliphatic carbocycles. The molecule has 2 rings (SSSR count). The van der Waals surface area contributed by atoms with E-state index in [0.717, 1.165) is 18.3 Å². The molecule has 1 heterocycles. The summed E-state index contributed by atoms with van der Waals surface area (Å²) >= 11 is 5.71. The Morgan fingerprint density at radius 2 is 1.92 bits per heavy atom. The Kier molecular flexibility index (Phi) is 5.69. The number of aliphatic hydroxyl groups excluding tert-OH is 1. The SMILES string of the molecule is O=[N+]([O-])c1cn(C[C@@H](O)COc2ccc(OC(F)(F)F)cc2)c(Cl)n1. The van der Waals surface area contributed by atoms with Crippen molar-refractivity contribution in [2.45, 2.75) is 19.0 Å². The van der Waals surface area contributed by atoms with Gasteiger partial charge >= 0.3 is 17.5 Å². The van der Waals surface area contributed by atoms with E-state index in [-0.39, 0.29) is 24.2 Å². The summed E-state index contributed by atoms with van der Waals surface area (Å²) in [6.07, 6.45) is -4.81. The van der Waals surface area contributed by atoms with Crippen LogP contribution in [0.25, 0.3) is 0 Å². The molecule has 1 aromatic carbocycles. The van der Waals surface area contributed by atoms with Crippen molar-refractivity contribution in [2.24, 2.45) is 0 Å². The summed E-state index contributed by atoms with van der Waals surface area (Å²) in [7, 11) is 0. The van der Waals surface area contributed by atoms with Gasteiger partial charge in [0.2, 0.25) is 0 Å². The number of nitrogens with zero attached hydrogens (tertiary/aromatic N) is 3. The van der Waals surface area contributed by atoms with Crippen LogP contribution in [-0.4, -0.2) is 38.7 Å². The number of rotatable bonds is 7. The molecule has 0 fully saturated rings. The lowest BCUT2D eigenvalue weighted by atomic mass is 10.3. The molecule has 1 aromatic heterocycles. The number of benzene rings is 1. The number of aliphatic hydroxyl groups is 1.